The molecule has 1 aliphatic heterocycles. The summed E-state index contributed by atoms with van der Waals surface area (Å²) in [5.41, 5.74) is 0.416. The van der Waals surface area contributed by atoms with E-state index in [0.29, 0.717) is 36.5 Å². The predicted octanol–water partition coefficient (Wildman–Crippen LogP) is 3.06. The zero-order valence-electron chi connectivity index (χ0n) is 14.1. The summed E-state index contributed by atoms with van der Waals surface area (Å²) >= 11 is 5.24. The van der Waals surface area contributed by atoms with Crippen LogP contribution in [0, 0.1) is 10.6 Å². The number of ether oxygens (including phenoxy) is 1. The van der Waals surface area contributed by atoms with Gasteiger partial charge in [-0.1, -0.05) is 0 Å². The minimum atomic E-state index is -2.60. The number of likely N-dealkylation sites (tertiary alicyclic amines) is 1. The summed E-state index contributed by atoms with van der Waals surface area (Å²) in [4.78, 5) is 16.1. The van der Waals surface area contributed by atoms with Crippen molar-refractivity contribution in [2.24, 2.45) is 0 Å². The highest BCUT2D eigenvalue weighted by Gasteiger charge is 2.43. The molecule has 0 amide bonds. The second kappa shape index (κ2) is 7.24. The van der Waals surface area contributed by atoms with Crippen molar-refractivity contribution in [1.29, 1.82) is 0 Å². The number of rotatable bonds is 6. The number of aromatic nitrogens is 2. The van der Waals surface area contributed by atoms with Gasteiger partial charge in [0.15, 0.2) is 4.77 Å². The first kappa shape index (κ1) is 18.7. The molecular formula is C17H18F3N3O2S. The number of nitrogens with zero attached hydrogens (tertiary/aromatic N) is 2. The fraction of sp³-hybridized carbons (Fsp3) is 0.412. The van der Waals surface area contributed by atoms with Gasteiger partial charge in [-0.3, -0.25) is 14.7 Å². The Labute approximate surface area is 153 Å². The van der Waals surface area contributed by atoms with Crippen LogP contribution in [0.5, 0.6) is 5.75 Å². The van der Waals surface area contributed by atoms with E-state index in [1.807, 2.05) is 0 Å². The van der Waals surface area contributed by atoms with Crippen LogP contribution in [0.1, 0.15) is 6.42 Å². The van der Waals surface area contributed by atoms with Gasteiger partial charge in [-0.25, -0.2) is 13.2 Å². The van der Waals surface area contributed by atoms with Crippen molar-refractivity contribution in [2.75, 3.05) is 26.7 Å². The fourth-order valence-corrected chi connectivity index (χ4v) is 3.35. The molecule has 3 rings (SSSR count). The van der Waals surface area contributed by atoms with E-state index in [4.69, 9.17) is 17.0 Å². The van der Waals surface area contributed by atoms with Crippen molar-refractivity contribution >= 4 is 12.2 Å². The van der Waals surface area contributed by atoms with Crippen LogP contribution < -0.4 is 10.3 Å². The molecule has 0 unspecified atom stereocenters. The van der Waals surface area contributed by atoms with Crippen LogP contribution in [0.15, 0.2) is 29.1 Å². The van der Waals surface area contributed by atoms with Crippen LogP contribution in [-0.4, -0.2) is 47.1 Å². The number of hydrogen-bond donors (Lipinski definition) is 1. The van der Waals surface area contributed by atoms with Gasteiger partial charge < -0.3 is 9.30 Å². The predicted molar refractivity (Wildman–Crippen MR) is 93.8 cm³/mol. The maximum absolute atomic E-state index is 13.7. The number of methoxy groups -OCH3 is 1. The fourth-order valence-electron chi connectivity index (χ4n) is 3.06. The smallest absolute Gasteiger partial charge is 0.272 e. The van der Waals surface area contributed by atoms with Gasteiger partial charge in [0, 0.05) is 24.7 Å². The Kier molecular flexibility index (Phi) is 5.19. The molecule has 1 aliphatic rings. The third kappa shape index (κ3) is 3.99. The van der Waals surface area contributed by atoms with Crippen molar-refractivity contribution in [2.45, 2.75) is 18.9 Å². The van der Waals surface area contributed by atoms with Gasteiger partial charge in [0.2, 0.25) is 0 Å². The SMILES string of the molecule is COc1ccc(F)cc1-c1cc(=O)[nH]c(=S)n1CCCN1CC(F)(F)C1. The number of aromatic amines is 1. The molecule has 2 aromatic rings. The Morgan fingerprint density at radius 2 is 2.00 bits per heavy atom. The minimum absolute atomic E-state index is 0.188. The molecule has 0 saturated carbocycles. The van der Waals surface area contributed by atoms with Crippen molar-refractivity contribution in [1.82, 2.24) is 14.5 Å². The molecule has 9 heteroatoms. The van der Waals surface area contributed by atoms with E-state index in [2.05, 4.69) is 4.98 Å². The summed E-state index contributed by atoms with van der Waals surface area (Å²) < 4.78 is 46.6. The average molecular weight is 385 g/mol. The molecule has 0 spiro atoms. The zero-order chi connectivity index (χ0) is 18.9. The summed E-state index contributed by atoms with van der Waals surface area (Å²) in [5.74, 6) is -2.67. The monoisotopic (exact) mass is 385 g/mol. The Bertz CT molecular complexity index is 918. The molecule has 1 fully saturated rings. The van der Waals surface area contributed by atoms with Crippen molar-refractivity contribution < 1.29 is 17.9 Å². The maximum atomic E-state index is 13.7. The average Bonchev–Trinajstić information content (AvgIpc) is 2.54. The Balaban J connectivity index is 1.88. The summed E-state index contributed by atoms with van der Waals surface area (Å²) in [6, 6.07) is 5.33. The molecule has 0 bridgehead atoms. The van der Waals surface area contributed by atoms with Crippen LogP contribution in [-0.2, 0) is 6.54 Å². The summed E-state index contributed by atoms with van der Waals surface area (Å²) in [7, 11) is 1.45. The third-order valence-corrected chi connectivity index (χ3v) is 4.56. The standard InChI is InChI=1S/C17H18F3N3O2S/c1-25-14-4-3-11(18)7-12(14)13-8-15(24)21-16(26)23(13)6-2-5-22-9-17(19,20)10-22/h3-4,7-8H,2,5-6,9-10H2,1H3,(H,21,24,26). The number of halogens is 3. The van der Waals surface area contributed by atoms with Gasteiger partial charge in [-0.2, -0.15) is 0 Å². The third-order valence-electron chi connectivity index (χ3n) is 4.24. The molecule has 140 valence electrons. The first-order valence-electron chi connectivity index (χ1n) is 8.07. The second-order valence-corrected chi connectivity index (χ2v) is 6.63. The van der Waals surface area contributed by atoms with Crippen LogP contribution in [0.3, 0.4) is 0 Å². The number of hydrogen-bond acceptors (Lipinski definition) is 4. The van der Waals surface area contributed by atoms with E-state index in [-0.39, 0.29) is 17.9 Å². The van der Waals surface area contributed by atoms with E-state index in [1.54, 1.807) is 9.47 Å². The number of benzene rings is 1. The van der Waals surface area contributed by atoms with Gasteiger partial charge in [-0.05, 0) is 36.8 Å². The van der Waals surface area contributed by atoms with E-state index < -0.39 is 17.3 Å². The van der Waals surface area contributed by atoms with E-state index in [9.17, 15) is 18.0 Å². The Hall–Kier alpha value is -2.13. The molecule has 0 radical (unpaired) electrons. The van der Waals surface area contributed by atoms with Crippen LogP contribution in [0.25, 0.3) is 11.3 Å². The maximum Gasteiger partial charge on any atom is 0.272 e. The van der Waals surface area contributed by atoms with Gasteiger partial charge in [0.1, 0.15) is 11.6 Å². The quantitative estimate of drug-likeness (QED) is 0.777. The first-order valence-corrected chi connectivity index (χ1v) is 8.48. The summed E-state index contributed by atoms with van der Waals surface area (Å²) in [6.45, 7) is 0.395. The summed E-state index contributed by atoms with van der Waals surface area (Å²) in [6.07, 6.45) is 0.557. The Morgan fingerprint density at radius 3 is 2.65 bits per heavy atom. The van der Waals surface area contributed by atoms with E-state index in [1.165, 1.54) is 31.4 Å². The van der Waals surface area contributed by atoms with Crippen LogP contribution >= 0.6 is 12.2 Å². The number of H-pyrrole nitrogens is 1. The van der Waals surface area contributed by atoms with E-state index >= 15 is 0 Å². The van der Waals surface area contributed by atoms with Crippen molar-refractivity contribution in [3.8, 4) is 17.0 Å². The molecule has 1 N–H and O–H groups in total. The van der Waals surface area contributed by atoms with Gasteiger partial charge >= 0.3 is 0 Å². The Morgan fingerprint density at radius 1 is 1.27 bits per heavy atom. The largest absolute Gasteiger partial charge is 0.496 e. The molecule has 2 heterocycles. The molecule has 1 aromatic heterocycles. The highest BCUT2D eigenvalue weighted by molar-refractivity contribution is 7.71. The van der Waals surface area contributed by atoms with Crippen molar-refractivity contribution in [3.05, 3.63) is 45.2 Å². The molecule has 1 saturated heterocycles. The number of nitrogens with one attached hydrogen (secondary N) is 1. The lowest BCUT2D eigenvalue weighted by molar-refractivity contribution is -0.130. The highest BCUT2D eigenvalue weighted by Crippen LogP contribution is 2.30. The highest BCUT2D eigenvalue weighted by atomic mass is 32.1. The van der Waals surface area contributed by atoms with Crippen LogP contribution in [0.4, 0.5) is 13.2 Å². The van der Waals surface area contributed by atoms with Gasteiger partial charge in [0.05, 0.1) is 25.9 Å². The van der Waals surface area contributed by atoms with Crippen molar-refractivity contribution in [3.63, 3.8) is 0 Å². The molecule has 0 atom stereocenters. The normalized spacial score (nSPS) is 16.3. The molecule has 5 nitrogen and oxygen atoms in total. The molecular weight excluding hydrogens is 367 g/mol. The first-order chi connectivity index (χ1) is 12.3. The number of alkyl halides is 2. The summed E-state index contributed by atoms with van der Waals surface area (Å²) in [5, 5.41) is 0. The molecule has 26 heavy (non-hydrogen) atoms. The topological polar surface area (TPSA) is 50.3 Å². The van der Waals surface area contributed by atoms with Gasteiger partial charge in [0.25, 0.3) is 11.5 Å². The lowest BCUT2D eigenvalue weighted by Crippen LogP contribution is -2.56. The minimum Gasteiger partial charge on any atom is -0.496 e. The molecule has 1 aromatic carbocycles. The second-order valence-electron chi connectivity index (χ2n) is 6.24. The van der Waals surface area contributed by atoms with Crippen LogP contribution in [0.2, 0.25) is 0 Å². The lowest BCUT2D eigenvalue weighted by atomic mass is 10.1. The van der Waals surface area contributed by atoms with Gasteiger partial charge in [-0.15, -0.1) is 0 Å². The molecule has 0 aliphatic carbocycles. The zero-order valence-corrected chi connectivity index (χ0v) is 14.9. The lowest BCUT2D eigenvalue weighted by Gasteiger charge is -2.38. The van der Waals surface area contributed by atoms with E-state index in [0.717, 1.165) is 0 Å².